The van der Waals surface area contributed by atoms with E-state index in [1.165, 1.54) is 11.8 Å². The summed E-state index contributed by atoms with van der Waals surface area (Å²) in [6.07, 6.45) is 0. The summed E-state index contributed by atoms with van der Waals surface area (Å²) in [6.45, 7) is 1.93. The second kappa shape index (κ2) is 6.67. The van der Waals surface area contributed by atoms with Gasteiger partial charge in [-0.1, -0.05) is 36.7 Å². The van der Waals surface area contributed by atoms with Gasteiger partial charge in [0, 0.05) is 10.9 Å². The number of amides is 1. The molecule has 0 aliphatic carbocycles. The van der Waals surface area contributed by atoms with Gasteiger partial charge in [0.1, 0.15) is 5.92 Å². The number of carbonyl (C=O) groups excluding carboxylic acids is 1. The van der Waals surface area contributed by atoms with Crippen LogP contribution in [-0.2, 0) is 4.79 Å². The second-order valence-corrected chi connectivity index (χ2v) is 6.06. The molecule has 0 saturated carbocycles. The molecule has 0 saturated heterocycles. The SMILES string of the molecule is CCSC1=C(C#N)C(c2ccccc2Cl)C(C#N)C(=O)N1. The predicted octanol–water partition coefficient (Wildman–Crippen LogP) is 3.18. The van der Waals surface area contributed by atoms with Crippen LogP contribution in [0.25, 0.3) is 0 Å². The zero-order chi connectivity index (χ0) is 15.4. The van der Waals surface area contributed by atoms with Gasteiger partial charge in [0.25, 0.3) is 0 Å². The van der Waals surface area contributed by atoms with E-state index < -0.39 is 17.7 Å². The molecule has 2 unspecified atom stereocenters. The third kappa shape index (κ3) is 2.90. The lowest BCUT2D eigenvalue weighted by atomic mass is 9.79. The number of hydrogen-bond donors (Lipinski definition) is 1. The van der Waals surface area contributed by atoms with Crippen molar-refractivity contribution in [2.24, 2.45) is 5.92 Å². The molecule has 1 aromatic carbocycles. The Balaban J connectivity index is 2.64. The Morgan fingerprint density at radius 1 is 1.38 bits per heavy atom. The Hall–Kier alpha value is -1.95. The average Bonchev–Trinajstić information content (AvgIpc) is 2.47. The van der Waals surface area contributed by atoms with Gasteiger partial charge in [-0.25, -0.2) is 0 Å². The summed E-state index contributed by atoms with van der Waals surface area (Å²) in [4.78, 5) is 12.1. The predicted molar refractivity (Wildman–Crippen MR) is 82.2 cm³/mol. The molecule has 0 aromatic heterocycles. The number of benzene rings is 1. The lowest BCUT2D eigenvalue weighted by molar-refractivity contribution is -0.123. The number of nitriles is 2. The van der Waals surface area contributed by atoms with Crippen molar-refractivity contribution in [2.75, 3.05) is 5.75 Å². The minimum absolute atomic E-state index is 0.390. The van der Waals surface area contributed by atoms with Crippen LogP contribution < -0.4 is 5.32 Å². The van der Waals surface area contributed by atoms with Crippen LogP contribution in [0, 0.1) is 28.6 Å². The van der Waals surface area contributed by atoms with Crippen LogP contribution >= 0.6 is 23.4 Å². The molecule has 0 radical (unpaired) electrons. The summed E-state index contributed by atoms with van der Waals surface area (Å²) in [5, 5.41) is 22.4. The van der Waals surface area contributed by atoms with E-state index >= 15 is 0 Å². The zero-order valence-electron chi connectivity index (χ0n) is 11.3. The van der Waals surface area contributed by atoms with E-state index in [2.05, 4.69) is 11.4 Å². The highest BCUT2D eigenvalue weighted by Gasteiger charge is 2.39. The average molecular weight is 318 g/mol. The molecule has 1 aliphatic rings. The number of thioether (sulfide) groups is 1. The number of allylic oxidation sites excluding steroid dienone is 1. The zero-order valence-corrected chi connectivity index (χ0v) is 12.8. The fourth-order valence-electron chi connectivity index (χ4n) is 2.29. The highest BCUT2D eigenvalue weighted by Crippen LogP contribution is 2.41. The van der Waals surface area contributed by atoms with E-state index in [9.17, 15) is 15.3 Å². The number of rotatable bonds is 3. The first-order valence-corrected chi connectivity index (χ1v) is 7.72. The van der Waals surface area contributed by atoms with E-state index in [-0.39, 0.29) is 0 Å². The first kappa shape index (κ1) is 15.4. The summed E-state index contributed by atoms with van der Waals surface area (Å²) in [7, 11) is 0. The van der Waals surface area contributed by atoms with Crippen molar-refractivity contribution in [3.8, 4) is 12.1 Å². The smallest absolute Gasteiger partial charge is 0.243 e. The quantitative estimate of drug-likeness (QED) is 0.928. The van der Waals surface area contributed by atoms with Crippen molar-refractivity contribution in [2.45, 2.75) is 12.8 Å². The fourth-order valence-corrected chi connectivity index (χ4v) is 3.33. The number of hydrogen-bond acceptors (Lipinski definition) is 4. The molecule has 4 nitrogen and oxygen atoms in total. The minimum Gasteiger partial charge on any atom is -0.319 e. The standard InChI is InChI=1S/C15H12ClN3OS/c1-2-21-15-11(8-18)13(10(7-17)14(20)19-15)9-5-3-4-6-12(9)16/h3-6,10,13H,2H2,1H3,(H,19,20). The van der Waals surface area contributed by atoms with E-state index in [0.29, 0.717) is 26.9 Å². The van der Waals surface area contributed by atoms with Gasteiger partial charge in [0.15, 0.2) is 0 Å². The summed E-state index contributed by atoms with van der Waals surface area (Å²) < 4.78 is 0. The van der Waals surface area contributed by atoms with Crippen LogP contribution in [0.3, 0.4) is 0 Å². The van der Waals surface area contributed by atoms with Crippen LogP contribution in [-0.4, -0.2) is 11.7 Å². The molecule has 106 valence electrons. The molecule has 0 fully saturated rings. The Labute approximate surface area is 132 Å². The lowest BCUT2D eigenvalue weighted by Crippen LogP contribution is -2.39. The molecule has 21 heavy (non-hydrogen) atoms. The van der Waals surface area contributed by atoms with E-state index in [0.717, 1.165) is 0 Å². The summed E-state index contributed by atoms with van der Waals surface area (Å²) >= 11 is 7.57. The molecule has 1 heterocycles. The van der Waals surface area contributed by atoms with Crippen LogP contribution in [0.1, 0.15) is 18.4 Å². The monoisotopic (exact) mass is 317 g/mol. The van der Waals surface area contributed by atoms with Gasteiger partial charge in [0.2, 0.25) is 5.91 Å². The van der Waals surface area contributed by atoms with Crippen molar-refractivity contribution in [3.63, 3.8) is 0 Å². The molecule has 2 rings (SSSR count). The molecule has 1 aliphatic heterocycles. The Morgan fingerprint density at radius 2 is 2.10 bits per heavy atom. The van der Waals surface area contributed by atoms with E-state index in [4.69, 9.17) is 11.6 Å². The number of nitrogens with one attached hydrogen (secondary N) is 1. The van der Waals surface area contributed by atoms with Crippen molar-refractivity contribution < 1.29 is 4.79 Å². The Bertz CT molecular complexity index is 687. The third-order valence-corrected chi connectivity index (χ3v) is 4.44. The first-order valence-electron chi connectivity index (χ1n) is 6.36. The van der Waals surface area contributed by atoms with Crippen molar-refractivity contribution in [1.82, 2.24) is 5.32 Å². The maximum absolute atomic E-state index is 12.1. The molecular weight excluding hydrogens is 306 g/mol. The van der Waals surface area contributed by atoms with Crippen LogP contribution in [0.2, 0.25) is 5.02 Å². The molecule has 1 amide bonds. The first-order chi connectivity index (χ1) is 10.1. The van der Waals surface area contributed by atoms with Crippen LogP contribution in [0.4, 0.5) is 0 Å². The highest BCUT2D eigenvalue weighted by atomic mass is 35.5. The topological polar surface area (TPSA) is 76.7 Å². The number of halogens is 1. The van der Waals surface area contributed by atoms with Gasteiger partial charge in [-0.05, 0) is 17.4 Å². The van der Waals surface area contributed by atoms with Gasteiger partial charge >= 0.3 is 0 Å². The largest absolute Gasteiger partial charge is 0.319 e. The molecule has 1 N–H and O–H groups in total. The molecular formula is C15H12ClN3OS. The highest BCUT2D eigenvalue weighted by molar-refractivity contribution is 8.03. The minimum atomic E-state index is -0.958. The summed E-state index contributed by atoms with van der Waals surface area (Å²) in [5.41, 5.74) is 1.02. The van der Waals surface area contributed by atoms with E-state index in [1.54, 1.807) is 24.3 Å². The molecule has 0 bridgehead atoms. The summed E-state index contributed by atoms with van der Waals surface area (Å²) in [5.74, 6) is -1.26. The number of carbonyl (C=O) groups is 1. The maximum Gasteiger partial charge on any atom is 0.243 e. The van der Waals surface area contributed by atoms with Crippen LogP contribution in [0.5, 0.6) is 0 Å². The second-order valence-electron chi connectivity index (χ2n) is 4.38. The third-order valence-electron chi connectivity index (χ3n) is 3.20. The van der Waals surface area contributed by atoms with Crippen LogP contribution in [0.15, 0.2) is 34.9 Å². The van der Waals surface area contributed by atoms with Gasteiger partial charge in [0.05, 0.1) is 22.7 Å². The van der Waals surface area contributed by atoms with Crippen molar-refractivity contribution in [1.29, 1.82) is 10.5 Å². The van der Waals surface area contributed by atoms with Gasteiger partial charge < -0.3 is 5.32 Å². The van der Waals surface area contributed by atoms with Crippen molar-refractivity contribution in [3.05, 3.63) is 45.5 Å². The summed E-state index contributed by atoms with van der Waals surface area (Å²) in [6, 6.07) is 11.1. The molecule has 1 aromatic rings. The van der Waals surface area contributed by atoms with Gasteiger partial charge in [-0.2, -0.15) is 10.5 Å². The van der Waals surface area contributed by atoms with Gasteiger partial charge in [-0.3, -0.25) is 4.79 Å². The maximum atomic E-state index is 12.1. The molecule has 6 heteroatoms. The normalized spacial score (nSPS) is 21.4. The fraction of sp³-hybridized carbons (Fsp3) is 0.267. The Morgan fingerprint density at radius 3 is 2.67 bits per heavy atom. The molecule has 2 atom stereocenters. The molecule has 0 spiro atoms. The number of nitrogens with zero attached hydrogens (tertiary/aromatic N) is 2. The van der Waals surface area contributed by atoms with Crippen molar-refractivity contribution >= 4 is 29.3 Å². The Kier molecular flexibility index (Phi) is 4.90. The lowest BCUT2D eigenvalue weighted by Gasteiger charge is -2.29. The van der Waals surface area contributed by atoms with E-state index in [1.807, 2.05) is 13.0 Å². The van der Waals surface area contributed by atoms with Gasteiger partial charge in [-0.15, -0.1) is 11.8 Å².